The largest absolute Gasteiger partial charge is 0.372 e. The van der Waals surface area contributed by atoms with Crippen LogP contribution in [0.3, 0.4) is 0 Å². The molecule has 0 saturated carbocycles. The summed E-state index contributed by atoms with van der Waals surface area (Å²) in [6.07, 6.45) is 2.49. The summed E-state index contributed by atoms with van der Waals surface area (Å²) in [5.74, 6) is 1.58. The molecular formula is C19H26N4O3. The van der Waals surface area contributed by atoms with Crippen molar-refractivity contribution < 1.29 is 14.1 Å². The van der Waals surface area contributed by atoms with E-state index in [-0.39, 0.29) is 24.5 Å². The van der Waals surface area contributed by atoms with E-state index in [1.165, 1.54) is 0 Å². The van der Waals surface area contributed by atoms with E-state index < -0.39 is 0 Å². The van der Waals surface area contributed by atoms with Crippen LogP contribution in [-0.4, -0.2) is 41.3 Å². The van der Waals surface area contributed by atoms with E-state index in [9.17, 15) is 4.79 Å². The quantitative estimate of drug-likeness (QED) is 0.882. The van der Waals surface area contributed by atoms with Crippen LogP contribution < -0.4 is 10.2 Å². The van der Waals surface area contributed by atoms with E-state index in [1.54, 1.807) is 0 Å². The van der Waals surface area contributed by atoms with Crippen molar-refractivity contribution >= 4 is 11.7 Å². The Hall–Kier alpha value is -2.41. The Morgan fingerprint density at radius 3 is 2.58 bits per heavy atom. The molecule has 1 aliphatic heterocycles. The number of morpholine rings is 1. The number of pyridine rings is 1. The summed E-state index contributed by atoms with van der Waals surface area (Å²) >= 11 is 0. The van der Waals surface area contributed by atoms with Gasteiger partial charge in [-0.25, -0.2) is 4.98 Å². The molecule has 7 nitrogen and oxygen atoms in total. The Kier molecular flexibility index (Phi) is 5.56. The first kappa shape index (κ1) is 18.4. The van der Waals surface area contributed by atoms with Crippen LogP contribution in [0.2, 0.25) is 0 Å². The highest BCUT2D eigenvalue weighted by atomic mass is 16.5. The number of nitrogens with one attached hydrogen (secondary N) is 1. The van der Waals surface area contributed by atoms with Crippen molar-refractivity contribution in [3.05, 3.63) is 40.9 Å². The molecule has 0 spiro atoms. The number of amides is 1. The van der Waals surface area contributed by atoms with Crippen molar-refractivity contribution in [2.45, 2.75) is 52.9 Å². The Morgan fingerprint density at radius 1 is 1.27 bits per heavy atom. The van der Waals surface area contributed by atoms with Crippen molar-refractivity contribution in [1.29, 1.82) is 0 Å². The summed E-state index contributed by atoms with van der Waals surface area (Å²) in [6, 6.07) is 4.00. The summed E-state index contributed by atoms with van der Waals surface area (Å²) in [4.78, 5) is 18.9. The lowest BCUT2D eigenvalue weighted by atomic mass is 10.1. The average molecular weight is 358 g/mol. The summed E-state index contributed by atoms with van der Waals surface area (Å²) in [7, 11) is 0. The van der Waals surface area contributed by atoms with E-state index in [0.717, 1.165) is 35.7 Å². The van der Waals surface area contributed by atoms with E-state index in [2.05, 4.69) is 34.2 Å². The lowest BCUT2D eigenvalue weighted by Crippen LogP contribution is -2.45. The standard InChI is InChI=1S/C19H26N4O3/c1-12-10-23(11-13(2)25-12)18-6-5-16(8-20-18)9-21-19(24)7-17-14(3)22-26-15(17)4/h5-6,8,12-13H,7,9-11H2,1-4H3,(H,21,24)/t12-,13-/m1/s1. The number of anilines is 1. The first-order valence-corrected chi connectivity index (χ1v) is 8.96. The molecule has 140 valence electrons. The second-order valence-electron chi connectivity index (χ2n) is 6.94. The van der Waals surface area contributed by atoms with E-state index in [1.807, 2.05) is 32.2 Å². The molecule has 0 aliphatic carbocycles. The molecule has 0 bridgehead atoms. The predicted molar refractivity (Wildman–Crippen MR) is 98.0 cm³/mol. The van der Waals surface area contributed by atoms with Crippen molar-refractivity contribution in [1.82, 2.24) is 15.5 Å². The van der Waals surface area contributed by atoms with Crippen LogP contribution in [0.4, 0.5) is 5.82 Å². The summed E-state index contributed by atoms with van der Waals surface area (Å²) in [5, 5.41) is 6.80. The monoisotopic (exact) mass is 358 g/mol. The highest BCUT2D eigenvalue weighted by Crippen LogP contribution is 2.18. The van der Waals surface area contributed by atoms with Crippen molar-refractivity contribution in [3.63, 3.8) is 0 Å². The van der Waals surface area contributed by atoms with Crippen molar-refractivity contribution in [2.24, 2.45) is 0 Å². The van der Waals surface area contributed by atoms with Crippen LogP contribution in [0, 0.1) is 13.8 Å². The smallest absolute Gasteiger partial charge is 0.224 e. The molecular weight excluding hydrogens is 332 g/mol. The maximum absolute atomic E-state index is 12.2. The molecule has 0 unspecified atom stereocenters. The molecule has 0 radical (unpaired) electrons. The van der Waals surface area contributed by atoms with Gasteiger partial charge >= 0.3 is 0 Å². The van der Waals surface area contributed by atoms with Gasteiger partial charge in [0.2, 0.25) is 5.91 Å². The van der Waals surface area contributed by atoms with Gasteiger partial charge in [-0.2, -0.15) is 0 Å². The molecule has 2 aromatic rings. The van der Waals surface area contributed by atoms with E-state index >= 15 is 0 Å². The predicted octanol–water partition coefficient (Wildman–Crippen LogP) is 2.16. The molecule has 7 heteroatoms. The van der Waals surface area contributed by atoms with Crippen molar-refractivity contribution in [3.8, 4) is 0 Å². The third-order valence-corrected chi connectivity index (χ3v) is 4.56. The van der Waals surface area contributed by atoms with Gasteiger partial charge in [0.15, 0.2) is 0 Å². The third-order valence-electron chi connectivity index (χ3n) is 4.56. The maximum Gasteiger partial charge on any atom is 0.224 e. The normalized spacial score (nSPS) is 20.2. The number of hydrogen-bond acceptors (Lipinski definition) is 6. The van der Waals surface area contributed by atoms with Gasteiger partial charge in [-0.1, -0.05) is 11.2 Å². The van der Waals surface area contributed by atoms with Gasteiger partial charge in [0.05, 0.1) is 24.3 Å². The van der Waals surface area contributed by atoms with Gasteiger partial charge in [0, 0.05) is 31.4 Å². The van der Waals surface area contributed by atoms with E-state index in [4.69, 9.17) is 9.26 Å². The fourth-order valence-electron chi connectivity index (χ4n) is 3.25. The summed E-state index contributed by atoms with van der Waals surface area (Å²) in [6.45, 7) is 9.94. The second-order valence-corrected chi connectivity index (χ2v) is 6.94. The number of carbonyl (C=O) groups is 1. The zero-order valence-electron chi connectivity index (χ0n) is 15.8. The average Bonchev–Trinajstić information content (AvgIpc) is 2.91. The minimum atomic E-state index is -0.0562. The number of hydrogen-bond donors (Lipinski definition) is 1. The summed E-state index contributed by atoms with van der Waals surface area (Å²) in [5.41, 5.74) is 2.58. The Bertz CT molecular complexity index is 727. The number of nitrogens with zero attached hydrogens (tertiary/aromatic N) is 3. The molecule has 26 heavy (non-hydrogen) atoms. The zero-order valence-corrected chi connectivity index (χ0v) is 15.8. The third kappa shape index (κ3) is 4.40. The molecule has 1 fully saturated rings. The van der Waals surface area contributed by atoms with Crippen LogP contribution in [0.15, 0.2) is 22.9 Å². The van der Waals surface area contributed by atoms with Crippen LogP contribution in [0.25, 0.3) is 0 Å². The maximum atomic E-state index is 12.2. The van der Waals surface area contributed by atoms with Gasteiger partial charge < -0.3 is 19.5 Å². The Morgan fingerprint density at radius 2 is 2.00 bits per heavy atom. The van der Waals surface area contributed by atoms with Gasteiger partial charge in [-0.3, -0.25) is 4.79 Å². The molecule has 3 rings (SSSR count). The molecule has 2 aromatic heterocycles. The van der Waals surface area contributed by atoms with Gasteiger partial charge in [-0.05, 0) is 39.3 Å². The van der Waals surface area contributed by atoms with Crippen molar-refractivity contribution in [2.75, 3.05) is 18.0 Å². The van der Waals surface area contributed by atoms with Crippen LogP contribution >= 0.6 is 0 Å². The lowest BCUT2D eigenvalue weighted by Gasteiger charge is -2.36. The van der Waals surface area contributed by atoms with Gasteiger partial charge in [0.1, 0.15) is 11.6 Å². The first-order chi connectivity index (χ1) is 12.4. The van der Waals surface area contributed by atoms with Gasteiger partial charge in [0.25, 0.3) is 0 Å². The number of ether oxygens (including phenoxy) is 1. The second kappa shape index (κ2) is 7.86. The van der Waals surface area contributed by atoms with Gasteiger partial charge in [-0.15, -0.1) is 0 Å². The highest BCUT2D eigenvalue weighted by molar-refractivity contribution is 5.79. The zero-order chi connectivity index (χ0) is 18.7. The van der Waals surface area contributed by atoms with Crippen LogP contribution in [-0.2, 0) is 22.5 Å². The lowest BCUT2D eigenvalue weighted by molar-refractivity contribution is -0.120. The molecule has 2 atom stereocenters. The molecule has 0 aromatic carbocycles. The molecule has 1 aliphatic rings. The first-order valence-electron chi connectivity index (χ1n) is 8.96. The number of rotatable bonds is 5. The highest BCUT2D eigenvalue weighted by Gasteiger charge is 2.23. The molecule has 1 saturated heterocycles. The van der Waals surface area contributed by atoms with Crippen LogP contribution in [0.1, 0.15) is 36.4 Å². The fraction of sp³-hybridized carbons (Fsp3) is 0.526. The summed E-state index contributed by atoms with van der Waals surface area (Å²) < 4.78 is 10.8. The number of carbonyl (C=O) groups excluding carboxylic acids is 1. The Balaban J connectivity index is 1.53. The topological polar surface area (TPSA) is 80.5 Å². The van der Waals surface area contributed by atoms with Crippen LogP contribution in [0.5, 0.6) is 0 Å². The Labute approximate surface area is 153 Å². The number of aromatic nitrogens is 2. The minimum Gasteiger partial charge on any atom is -0.372 e. The number of aryl methyl sites for hydroxylation is 2. The molecule has 1 N–H and O–H groups in total. The fourth-order valence-corrected chi connectivity index (χ4v) is 3.25. The minimum absolute atomic E-state index is 0.0562. The molecule has 3 heterocycles. The van der Waals surface area contributed by atoms with E-state index in [0.29, 0.717) is 12.3 Å². The molecule has 1 amide bonds. The SMILES string of the molecule is Cc1noc(C)c1CC(=O)NCc1ccc(N2C[C@@H](C)O[C@H](C)C2)nc1.